The number of rotatable bonds is 4. The van der Waals surface area contributed by atoms with Crippen LogP contribution in [-0.4, -0.2) is 31.7 Å². The second-order valence-corrected chi connectivity index (χ2v) is 6.36. The Labute approximate surface area is 134 Å². The Balaban J connectivity index is 2.18. The zero-order chi connectivity index (χ0) is 17.2. The lowest BCUT2D eigenvalue weighted by Gasteiger charge is -2.17. The molecule has 0 aliphatic heterocycles. The normalized spacial score (nSPS) is 11.3. The van der Waals surface area contributed by atoms with E-state index in [0.717, 1.165) is 16.8 Å². The minimum absolute atomic E-state index is 0.108. The number of amides is 1. The maximum Gasteiger partial charge on any atom is 0.325 e. The van der Waals surface area contributed by atoms with Gasteiger partial charge in [0.25, 0.3) is 0 Å². The van der Waals surface area contributed by atoms with Crippen molar-refractivity contribution in [2.75, 3.05) is 5.32 Å². The number of anilines is 1. The lowest BCUT2D eigenvalue weighted by Crippen LogP contribution is -2.27. The van der Waals surface area contributed by atoms with Crippen molar-refractivity contribution in [3.05, 3.63) is 30.2 Å². The van der Waals surface area contributed by atoms with E-state index < -0.39 is 11.4 Å². The number of hydrogen-bond donors (Lipinski definition) is 2. The van der Waals surface area contributed by atoms with Crippen LogP contribution in [0.4, 0.5) is 5.82 Å². The highest BCUT2D eigenvalue weighted by Gasteiger charge is 2.21. The predicted octanol–water partition coefficient (Wildman–Crippen LogP) is 2.32. The summed E-state index contributed by atoms with van der Waals surface area (Å²) in [5.41, 5.74) is 1.86. The molecule has 2 N–H and O–H groups in total. The number of pyridine rings is 1. The van der Waals surface area contributed by atoms with Gasteiger partial charge in [0.15, 0.2) is 0 Å². The molecule has 0 bridgehead atoms. The van der Waals surface area contributed by atoms with Crippen LogP contribution in [0.15, 0.2) is 24.5 Å². The third kappa shape index (κ3) is 4.15. The fourth-order valence-corrected chi connectivity index (χ4v) is 1.95. The Kier molecular flexibility index (Phi) is 4.49. The zero-order valence-electron chi connectivity index (χ0n) is 13.6. The Morgan fingerprint density at radius 1 is 1.30 bits per heavy atom. The predicted molar refractivity (Wildman–Crippen MR) is 85.9 cm³/mol. The van der Waals surface area contributed by atoms with E-state index in [0.29, 0.717) is 5.82 Å². The van der Waals surface area contributed by atoms with Gasteiger partial charge in [-0.3, -0.25) is 14.3 Å². The molecular formula is C16H20N4O3. The van der Waals surface area contributed by atoms with Crippen LogP contribution in [0.3, 0.4) is 0 Å². The van der Waals surface area contributed by atoms with Crippen molar-refractivity contribution in [3.8, 4) is 11.1 Å². The molecule has 0 fully saturated rings. The van der Waals surface area contributed by atoms with E-state index >= 15 is 0 Å². The second kappa shape index (κ2) is 6.20. The number of nitrogens with zero attached hydrogens (tertiary/aromatic N) is 3. The molecule has 2 aromatic heterocycles. The molecule has 0 saturated carbocycles. The summed E-state index contributed by atoms with van der Waals surface area (Å²) in [6, 6.07) is 3.54. The van der Waals surface area contributed by atoms with Crippen molar-refractivity contribution in [3.63, 3.8) is 0 Å². The molecule has 2 aromatic rings. The molecule has 7 heteroatoms. The molecule has 0 aliphatic carbocycles. The van der Waals surface area contributed by atoms with Crippen LogP contribution in [0.2, 0.25) is 0 Å². The third-order valence-corrected chi connectivity index (χ3v) is 3.24. The second-order valence-electron chi connectivity index (χ2n) is 6.36. The number of hydrogen-bond acceptors (Lipinski definition) is 4. The molecule has 0 saturated heterocycles. The first-order chi connectivity index (χ1) is 10.7. The number of aromatic nitrogens is 3. The minimum Gasteiger partial charge on any atom is -0.480 e. The number of nitrogens with one attached hydrogen (secondary N) is 1. The molecule has 122 valence electrons. The molecule has 0 radical (unpaired) electrons. The lowest BCUT2D eigenvalue weighted by molar-refractivity contribution is -0.137. The number of carboxylic acid groups (broad SMARTS) is 1. The van der Waals surface area contributed by atoms with Crippen molar-refractivity contribution >= 4 is 17.7 Å². The van der Waals surface area contributed by atoms with E-state index in [1.165, 1.54) is 4.68 Å². The molecular weight excluding hydrogens is 296 g/mol. The van der Waals surface area contributed by atoms with Crippen molar-refractivity contribution in [1.82, 2.24) is 14.8 Å². The number of aryl methyl sites for hydroxylation is 1. The van der Waals surface area contributed by atoms with Crippen LogP contribution < -0.4 is 5.32 Å². The largest absolute Gasteiger partial charge is 0.480 e. The van der Waals surface area contributed by atoms with Crippen LogP contribution in [0, 0.1) is 12.3 Å². The number of carboxylic acids is 1. The molecule has 0 atom stereocenters. The fraction of sp³-hybridized carbons (Fsp3) is 0.375. The van der Waals surface area contributed by atoms with Crippen LogP contribution >= 0.6 is 0 Å². The van der Waals surface area contributed by atoms with Gasteiger partial charge < -0.3 is 10.4 Å². The topological polar surface area (TPSA) is 97.1 Å². The maximum absolute atomic E-state index is 11.9. The van der Waals surface area contributed by atoms with E-state index in [4.69, 9.17) is 5.11 Å². The van der Waals surface area contributed by atoms with Gasteiger partial charge in [-0.1, -0.05) is 20.8 Å². The van der Waals surface area contributed by atoms with Gasteiger partial charge in [-0.15, -0.1) is 0 Å². The Morgan fingerprint density at radius 3 is 2.52 bits per heavy atom. The summed E-state index contributed by atoms with van der Waals surface area (Å²) >= 11 is 0. The van der Waals surface area contributed by atoms with Gasteiger partial charge >= 0.3 is 5.97 Å². The minimum atomic E-state index is -0.947. The molecule has 23 heavy (non-hydrogen) atoms. The van der Waals surface area contributed by atoms with Crippen molar-refractivity contribution in [1.29, 1.82) is 0 Å². The smallest absolute Gasteiger partial charge is 0.325 e. The summed E-state index contributed by atoms with van der Waals surface area (Å²) in [6.45, 7) is 7.11. The van der Waals surface area contributed by atoms with E-state index in [1.54, 1.807) is 18.5 Å². The van der Waals surface area contributed by atoms with Crippen molar-refractivity contribution in [2.45, 2.75) is 34.2 Å². The quantitative estimate of drug-likeness (QED) is 0.902. The van der Waals surface area contributed by atoms with E-state index in [-0.39, 0.29) is 12.5 Å². The molecule has 7 nitrogen and oxygen atoms in total. The Hall–Kier alpha value is -2.70. The number of carbonyl (C=O) groups excluding carboxylic acids is 1. The number of aliphatic carboxylic acids is 1. The average molecular weight is 316 g/mol. The van der Waals surface area contributed by atoms with Crippen molar-refractivity contribution < 1.29 is 14.7 Å². The average Bonchev–Trinajstić information content (AvgIpc) is 2.78. The molecule has 0 spiro atoms. The summed E-state index contributed by atoms with van der Waals surface area (Å²) < 4.78 is 1.38. The first-order valence-corrected chi connectivity index (χ1v) is 7.20. The summed E-state index contributed by atoms with van der Waals surface area (Å²) in [4.78, 5) is 26.9. The summed E-state index contributed by atoms with van der Waals surface area (Å²) in [6.07, 6.45) is 3.31. The highest BCUT2D eigenvalue weighted by atomic mass is 16.4. The van der Waals surface area contributed by atoms with Crippen LogP contribution in [0.5, 0.6) is 0 Å². The van der Waals surface area contributed by atoms with Gasteiger partial charge in [0.2, 0.25) is 5.91 Å². The molecule has 0 unspecified atom stereocenters. The summed E-state index contributed by atoms with van der Waals surface area (Å²) in [5, 5.41) is 15.7. The maximum atomic E-state index is 11.9. The van der Waals surface area contributed by atoms with Gasteiger partial charge in [0.1, 0.15) is 12.4 Å². The first kappa shape index (κ1) is 16.7. The Morgan fingerprint density at radius 2 is 2.00 bits per heavy atom. The first-order valence-electron chi connectivity index (χ1n) is 7.20. The van der Waals surface area contributed by atoms with Gasteiger partial charge in [0, 0.05) is 28.9 Å². The molecule has 0 aromatic carbocycles. The van der Waals surface area contributed by atoms with Gasteiger partial charge in [-0.2, -0.15) is 5.10 Å². The van der Waals surface area contributed by atoms with Gasteiger partial charge in [-0.05, 0) is 19.1 Å². The highest BCUT2D eigenvalue weighted by molar-refractivity contribution is 5.93. The fourth-order valence-electron chi connectivity index (χ4n) is 1.95. The lowest BCUT2D eigenvalue weighted by atomic mass is 9.96. The highest BCUT2D eigenvalue weighted by Crippen LogP contribution is 2.23. The van der Waals surface area contributed by atoms with Gasteiger partial charge in [-0.25, -0.2) is 4.98 Å². The van der Waals surface area contributed by atoms with E-state index in [1.807, 2.05) is 33.8 Å². The monoisotopic (exact) mass is 316 g/mol. The molecule has 1 amide bonds. The van der Waals surface area contributed by atoms with Gasteiger partial charge in [0.05, 0.1) is 5.69 Å². The molecule has 2 rings (SSSR count). The van der Waals surface area contributed by atoms with Crippen molar-refractivity contribution in [2.24, 2.45) is 5.41 Å². The van der Waals surface area contributed by atoms with E-state index in [9.17, 15) is 9.59 Å². The van der Waals surface area contributed by atoms with Crippen LogP contribution in [-0.2, 0) is 16.1 Å². The van der Waals surface area contributed by atoms with Crippen LogP contribution in [0.25, 0.3) is 11.1 Å². The van der Waals surface area contributed by atoms with E-state index in [2.05, 4.69) is 15.4 Å². The third-order valence-electron chi connectivity index (χ3n) is 3.24. The zero-order valence-corrected chi connectivity index (χ0v) is 13.6. The molecule has 2 heterocycles. The standard InChI is InChI=1S/C16H20N4O3/c1-10-12(8-20(19-10)9-14(21)22)11-5-6-13(17-7-11)18-15(23)16(2,3)4/h5-8H,9H2,1-4H3,(H,21,22)(H,17,18,23). The Bertz CT molecular complexity index is 727. The number of carbonyl (C=O) groups is 2. The molecule has 0 aliphatic rings. The van der Waals surface area contributed by atoms with Crippen LogP contribution in [0.1, 0.15) is 26.5 Å². The summed E-state index contributed by atoms with van der Waals surface area (Å²) in [7, 11) is 0. The SMILES string of the molecule is Cc1nn(CC(=O)O)cc1-c1ccc(NC(=O)C(C)(C)C)nc1. The summed E-state index contributed by atoms with van der Waals surface area (Å²) in [5.74, 6) is -0.579.